The van der Waals surface area contributed by atoms with E-state index in [1.807, 2.05) is 0 Å². The number of amides is 2. The molecule has 124 valence electrons. The van der Waals surface area contributed by atoms with Gasteiger partial charge in [0.15, 0.2) is 0 Å². The Labute approximate surface area is 138 Å². The molecule has 0 unspecified atom stereocenters. The first kappa shape index (κ1) is 16.9. The summed E-state index contributed by atoms with van der Waals surface area (Å²) in [4.78, 5) is 34.2. The molecule has 0 saturated heterocycles. The van der Waals surface area contributed by atoms with Crippen molar-refractivity contribution in [3.8, 4) is 0 Å². The van der Waals surface area contributed by atoms with Gasteiger partial charge in [0.25, 0.3) is 17.5 Å². The molecule has 0 radical (unpaired) electrons. The molecule has 0 aromatic heterocycles. The van der Waals surface area contributed by atoms with Crippen LogP contribution < -0.4 is 16.0 Å². The van der Waals surface area contributed by atoms with Gasteiger partial charge >= 0.3 is 0 Å². The molecule has 8 nitrogen and oxygen atoms in total. The lowest BCUT2D eigenvalue weighted by molar-refractivity contribution is -0.384. The van der Waals surface area contributed by atoms with Crippen LogP contribution in [0.4, 0.5) is 17.1 Å². The molecule has 0 spiro atoms. The molecule has 0 fully saturated rings. The molecule has 0 heterocycles. The first-order chi connectivity index (χ1) is 11.5. The van der Waals surface area contributed by atoms with Gasteiger partial charge in [-0.1, -0.05) is 0 Å². The van der Waals surface area contributed by atoms with Gasteiger partial charge in [-0.25, -0.2) is 0 Å². The summed E-state index contributed by atoms with van der Waals surface area (Å²) in [6.45, 7) is 0. The maximum Gasteiger partial charge on any atom is 0.293 e. The zero-order valence-corrected chi connectivity index (χ0v) is 13.1. The third-order valence-electron chi connectivity index (χ3n) is 3.36. The van der Waals surface area contributed by atoms with Gasteiger partial charge in [0, 0.05) is 37.0 Å². The monoisotopic (exact) mass is 328 g/mol. The van der Waals surface area contributed by atoms with Crippen LogP contribution in [0.15, 0.2) is 42.5 Å². The second-order valence-corrected chi connectivity index (χ2v) is 4.85. The predicted octanol–water partition coefficient (Wildman–Crippen LogP) is 2.25. The topological polar surface area (TPSA) is 113 Å². The van der Waals surface area contributed by atoms with Crippen LogP contribution in [0.2, 0.25) is 0 Å². The van der Waals surface area contributed by atoms with Crippen molar-refractivity contribution in [2.75, 3.05) is 24.7 Å². The van der Waals surface area contributed by atoms with Crippen LogP contribution in [0.1, 0.15) is 20.7 Å². The van der Waals surface area contributed by atoms with Gasteiger partial charge in [-0.2, -0.15) is 0 Å². The van der Waals surface area contributed by atoms with E-state index in [1.54, 1.807) is 31.3 Å². The SMILES string of the molecule is CNC(=O)c1ccc(NC(=O)c2ccc(NC)c([N+](=O)[O-])c2)cc1. The van der Waals surface area contributed by atoms with E-state index in [4.69, 9.17) is 0 Å². The molecule has 0 aliphatic heterocycles. The molecule has 3 N–H and O–H groups in total. The number of anilines is 2. The standard InChI is InChI=1S/C16H16N4O4/c1-17-13-8-5-11(9-14(13)20(23)24)16(22)19-12-6-3-10(4-7-12)15(21)18-2/h3-9,17H,1-2H3,(H,18,21)(H,19,22). The molecule has 0 aliphatic rings. The van der Waals surface area contributed by atoms with Gasteiger partial charge in [0.05, 0.1) is 4.92 Å². The number of rotatable bonds is 5. The van der Waals surface area contributed by atoms with Crippen LogP contribution in [0.5, 0.6) is 0 Å². The average molecular weight is 328 g/mol. The Hall–Kier alpha value is -3.42. The van der Waals surface area contributed by atoms with Gasteiger partial charge < -0.3 is 16.0 Å². The Balaban J connectivity index is 2.19. The lowest BCUT2D eigenvalue weighted by atomic mass is 10.1. The Morgan fingerprint density at radius 1 is 0.958 bits per heavy atom. The molecule has 2 aromatic rings. The second kappa shape index (κ2) is 7.23. The summed E-state index contributed by atoms with van der Waals surface area (Å²) in [7, 11) is 3.09. The average Bonchev–Trinajstić information content (AvgIpc) is 2.60. The number of carbonyl (C=O) groups excluding carboxylic acids is 2. The Kier molecular flexibility index (Phi) is 5.10. The first-order valence-electron chi connectivity index (χ1n) is 7.06. The number of benzene rings is 2. The van der Waals surface area contributed by atoms with Crippen molar-refractivity contribution in [3.63, 3.8) is 0 Å². The number of nitrogens with zero attached hydrogens (tertiary/aromatic N) is 1. The highest BCUT2D eigenvalue weighted by Gasteiger charge is 2.17. The molecule has 2 aromatic carbocycles. The summed E-state index contributed by atoms with van der Waals surface area (Å²) >= 11 is 0. The van der Waals surface area contributed by atoms with E-state index >= 15 is 0 Å². The third kappa shape index (κ3) is 3.67. The number of nitro benzene ring substituents is 1. The Morgan fingerprint density at radius 2 is 1.58 bits per heavy atom. The summed E-state index contributed by atoms with van der Waals surface area (Å²) in [6.07, 6.45) is 0. The van der Waals surface area contributed by atoms with Gasteiger partial charge in [-0.15, -0.1) is 0 Å². The van der Waals surface area contributed by atoms with E-state index in [2.05, 4.69) is 16.0 Å². The summed E-state index contributed by atoms with van der Waals surface area (Å²) in [5.41, 5.74) is 1.25. The zero-order valence-electron chi connectivity index (χ0n) is 13.1. The van der Waals surface area contributed by atoms with Crippen LogP contribution in [0.25, 0.3) is 0 Å². The minimum absolute atomic E-state index is 0.163. The fraction of sp³-hybridized carbons (Fsp3) is 0.125. The third-order valence-corrected chi connectivity index (χ3v) is 3.36. The van der Waals surface area contributed by atoms with E-state index in [0.29, 0.717) is 16.9 Å². The lowest BCUT2D eigenvalue weighted by Gasteiger charge is -2.08. The fourth-order valence-corrected chi connectivity index (χ4v) is 2.09. The number of hydrogen-bond donors (Lipinski definition) is 3. The molecule has 2 rings (SSSR count). The minimum atomic E-state index is -0.555. The lowest BCUT2D eigenvalue weighted by Crippen LogP contribution is -2.18. The summed E-state index contributed by atoms with van der Waals surface area (Å²) in [5, 5.41) is 18.9. The molecular formula is C16H16N4O4. The summed E-state index contributed by atoms with van der Waals surface area (Å²) < 4.78 is 0. The molecule has 0 saturated carbocycles. The van der Waals surface area contributed by atoms with Crippen molar-refractivity contribution >= 4 is 28.9 Å². The Morgan fingerprint density at radius 3 is 2.12 bits per heavy atom. The van der Waals surface area contributed by atoms with E-state index in [9.17, 15) is 19.7 Å². The van der Waals surface area contributed by atoms with E-state index in [-0.39, 0.29) is 17.2 Å². The molecule has 8 heteroatoms. The fourth-order valence-electron chi connectivity index (χ4n) is 2.09. The van der Waals surface area contributed by atoms with E-state index in [0.717, 1.165) is 0 Å². The van der Waals surface area contributed by atoms with Crippen LogP contribution in [0, 0.1) is 10.1 Å². The van der Waals surface area contributed by atoms with Crippen molar-refractivity contribution in [1.29, 1.82) is 0 Å². The van der Waals surface area contributed by atoms with Gasteiger partial charge in [0.2, 0.25) is 0 Å². The van der Waals surface area contributed by atoms with Gasteiger partial charge in [0.1, 0.15) is 5.69 Å². The molecule has 0 atom stereocenters. The normalized spacial score (nSPS) is 9.92. The van der Waals surface area contributed by atoms with Crippen molar-refractivity contribution in [1.82, 2.24) is 5.32 Å². The van der Waals surface area contributed by atoms with Crippen molar-refractivity contribution in [2.45, 2.75) is 0 Å². The molecule has 0 bridgehead atoms. The maximum absolute atomic E-state index is 12.2. The first-order valence-corrected chi connectivity index (χ1v) is 7.06. The van der Waals surface area contributed by atoms with Crippen molar-refractivity contribution < 1.29 is 14.5 Å². The predicted molar refractivity (Wildman–Crippen MR) is 90.4 cm³/mol. The van der Waals surface area contributed by atoms with Crippen LogP contribution in [0.3, 0.4) is 0 Å². The molecule has 0 aliphatic carbocycles. The highest BCUT2D eigenvalue weighted by Crippen LogP contribution is 2.25. The number of carbonyl (C=O) groups is 2. The smallest absolute Gasteiger partial charge is 0.293 e. The van der Waals surface area contributed by atoms with Gasteiger partial charge in [-0.3, -0.25) is 19.7 Å². The van der Waals surface area contributed by atoms with Crippen LogP contribution in [-0.4, -0.2) is 30.8 Å². The van der Waals surface area contributed by atoms with Gasteiger partial charge in [-0.05, 0) is 36.4 Å². The summed E-state index contributed by atoms with van der Waals surface area (Å²) in [5.74, 6) is -0.709. The second-order valence-electron chi connectivity index (χ2n) is 4.85. The molecular weight excluding hydrogens is 312 g/mol. The van der Waals surface area contributed by atoms with E-state index in [1.165, 1.54) is 25.2 Å². The maximum atomic E-state index is 12.2. The van der Waals surface area contributed by atoms with Crippen molar-refractivity contribution in [2.24, 2.45) is 0 Å². The molecule has 2 amide bonds. The highest BCUT2D eigenvalue weighted by molar-refractivity contribution is 6.05. The summed E-state index contributed by atoms with van der Waals surface area (Å²) in [6, 6.07) is 10.5. The minimum Gasteiger partial charge on any atom is -0.383 e. The van der Waals surface area contributed by atoms with Crippen molar-refractivity contribution in [3.05, 3.63) is 63.7 Å². The number of hydrogen-bond acceptors (Lipinski definition) is 5. The van der Waals surface area contributed by atoms with E-state index < -0.39 is 10.8 Å². The highest BCUT2D eigenvalue weighted by atomic mass is 16.6. The number of nitro groups is 1. The van der Waals surface area contributed by atoms with Crippen LogP contribution >= 0.6 is 0 Å². The number of nitrogens with one attached hydrogen (secondary N) is 3. The van der Waals surface area contributed by atoms with Crippen LogP contribution in [-0.2, 0) is 0 Å². The molecule has 24 heavy (non-hydrogen) atoms. The largest absolute Gasteiger partial charge is 0.383 e. The zero-order chi connectivity index (χ0) is 17.7. The quantitative estimate of drug-likeness (QED) is 0.575. The Bertz CT molecular complexity index is 787.